The number of methoxy groups -OCH3 is 1. The summed E-state index contributed by atoms with van der Waals surface area (Å²) in [7, 11) is 1.62. The number of rotatable bonds is 6. The summed E-state index contributed by atoms with van der Waals surface area (Å²) < 4.78 is 5.15. The Labute approximate surface area is 150 Å². The number of nitrogens with zero attached hydrogens (tertiary/aromatic N) is 2. The molecular weight excluding hydrogens is 332 g/mol. The Morgan fingerprint density at radius 1 is 0.962 bits per heavy atom. The minimum atomic E-state index is -0.977. The lowest BCUT2D eigenvalue weighted by Gasteiger charge is -2.11. The summed E-state index contributed by atoms with van der Waals surface area (Å²) in [6.07, 6.45) is 0. The number of carbonyl (C=O) groups is 1. The highest BCUT2D eigenvalue weighted by atomic mass is 16.5. The van der Waals surface area contributed by atoms with E-state index in [4.69, 9.17) is 9.84 Å². The first-order valence-corrected chi connectivity index (χ1v) is 7.90. The molecule has 7 heteroatoms. The molecule has 0 aliphatic carbocycles. The smallest absolute Gasteiger partial charge is 0.335 e. The zero-order chi connectivity index (χ0) is 18.5. The van der Waals surface area contributed by atoms with Crippen LogP contribution in [0, 0.1) is 6.92 Å². The molecule has 3 rings (SSSR count). The SMILES string of the molecule is COc1ccc(Nc2cc(Nc3cccc(C(=O)O)c3)nc(C)n2)cc1. The summed E-state index contributed by atoms with van der Waals surface area (Å²) in [6, 6.07) is 15.8. The molecule has 0 aliphatic rings. The van der Waals surface area contributed by atoms with Crippen LogP contribution in [0.1, 0.15) is 16.2 Å². The average Bonchev–Trinajstić information content (AvgIpc) is 2.62. The average molecular weight is 350 g/mol. The summed E-state index contributed by atoms with van der Waals surface area (Å²) in [5, 5.41) is 15.4. The van der Waals surface area contributed by atoms with Gasteiger partial charge in [-0.1, -0.05) is 6.07 Å². The van der Waals surface area contributed by atoms with E-state index in [1.54, 1.807) is 38.3 Å². The second kappa shape index (κ2) is 7.52. The van der Waals surface area contributed by atoms with Crippen LogP contribution in [-0.2, 0) is 0 Å². The molecule has 132 valence electrons. The molecule has 0 amide bonds. The Morgan fingerprint density at radius 3 is 2.23 bits per heavy atom. The summed E-state index contributed by atoms with van der Waals surface area (Å²) in [5.74, 6) is 1.57. The second-order valence-electron chi connectivity index (χ2n) is 5.55. The fourth-order valence-electron chi connectivity index (χ4n) is 2.40. The first-order chi connectivity index (χ1) is 12.5. The Bertz CT molecular complexity index is 926. The zero-order valence-electron chi connectivity index (χ0n) is 14.4. The monoisotopic (exact) mass is 350 g/mol. The van der Waals surface area contributed by atoms with Crippen LogP contribution < -0.4 is 15.4 Å². The van der Waals surface area contributed by atoms with Gasteiger partial charge in [0.05, 0.1) is 12.7 Å². The fourth-order valence-corrected chi connectivity index (χ4v) is 2.40. The van der Waals surface area contributed by atoms with Gasteiger partial charge in [-0.2, -0.15) is 0 Å². The third-order valence-corrected chi connectivity index (χ3v) is 3.58. The van der Waals surface area contributed by atoms with Gasteiger partial charge in [-0.15, -0.1) is 0 Å². The van der Waals surface area contributed by atoms with Gasteiger partial charge < -0.3 is 20.5 Å². The standard InChI is InChI=1S/C19H18N4O3/c1-12-20-17(22-14-6-8-16(26-2)9-7-14)11-18(21-12)23-15-5-3-4-13(10-15)19(24)25/h3-11H,1-2H3,(H,24,25)(H2,20,21,22,23). The third-order valence-electron chi connectivity index (χ3n) is 3.58. The first kappa shape index (κ1) is 17.2. The van der Waals surface area contributed by atoms with E-state index in [2.05, 4.69) is 20.6 Å². The molecule has 0 radical (unpaired) electrons. The molecule has 0 spiro atoms. The van der Waals surface area contributed by atoms with Crippen LogP contribution >= 0.6 is 0 Å². The number of carboxylic acid groups (broad SMARTS) is 1. The van der Waals surface area contributed by atoms with Crippen molar-refractivity contribution >= 4 is 29.0 Å². The van der Waals surface area contributed by atoms with Gasteiger partial charge >= 0.3 is 5.97 Å². The highest BCUT2D eigenvalue weighted by Crippen LogP contribution is 2.22. The number of aryl methyl sites for hydroxylation is 1. The highest BCUT2D eigenvalue weighted by Gasteiger charge is 2.06. The van der Waals surface area contributed by atoms with Crippen molar-refractivity contribution in [3.63, 3.8) is 0 Å². The lowest BCUT2D eigenvalue weighted by Crippen LogP contribution is -2.02. The molecule has 0 saturated carbocycles. The van der Waals surface area contributed by atoms with Crippen LogP contribution in [0.3, 0.4) is 0 Å². The molecule has 0 unspecified atom stereocenters. The van der Waals surface area contributed by atoms with Crippen molar-refractivity contribution < 1.29 is 14.6 Å². The molecule has 2 aromatic carbocycles. The van der Waals surface area contributed by atoms with Crippen molar-refractivity contribution in [2.24, 2.45) is 0 Å². The summed E-state index contributed by atoms with van der Waals surface area (Å²) in [4.78, 5) is 19.8. The lowest BCUT2D eigenvalue weighted by molar-refractivity contribution is 0.0697. The van der Waals surface area contributed by atoms with E-state index in [1.165, 1.54) is 6.07 Å². The minimum Gasteiger partial charge on any atom is -0.497 e. The summed E-state index contributed by atoms with van der Waals surface area (Å²) in [5.41, 5.74) is 1.71. The van der Waals surface area contributed by atoms with Gasteiger partial charge in [-0.3, -0.25) is 0 Å². The maximum absolute atomic E-state index is 11.1. The molecule has 1 heterocycles. The first-order valence-electron chi connectivity index (χ1n) is 7.90. The molecule has 0 bridgehead atoms. The number of carboxylic acids is 1. The molecule has 0 atom stereocenters. The summed E-state index contributed by atoms with van der Waals surface area (Å²) in [6.45, 7) is 1.79. The number of hydrogen-bond donors (Lipinski definition) is 3. The van der Waals surface area contributed by atoms with Gasteiger partial charge in [0.2, 0.25) is 0 Å². The predicted molar refractivity (Wildman–Crippen MR) is 99.7 cm³/mol. The van der Waals surface area contributed by atoms with Gasteiger partial charge in [-0.05, 0) is 49.4 Å². The van der Waals surface area contributed by atoms with Crippen molar-refractivity contribution in [3.05, 3.63) is 66.0 Å². The van der Waals surface area contributed by atoms with Crippen molar-refractivity contribution in [2.45, 2.75) is 6.92 Å². The van der Waals surface area contributed by atoms with E-state index in [9.17, 15) is 4.79 Å². The highest BCUT2D eigenvalue weighted by molar-refractivity contribution is 5.89. The maximum Gasteiger partial charge on any atom is 0.335 e. The quantitative estimate of drug-likeness (QED) is 0.619. The predicted octanol–water partition coefficient (Wildman–Crippen LogP) is 3.98. The largest absolute Gasteiger partial charge is 0.497 e. The molecule has 0 aliphatic heterocycles. The Morgan fingerprint density at radius 2 is 1.62 bits per heavy atom. The molecule has 3 N–H and O–H groups in total. The number of aromatic carboxylic acids is 1. The maximum atomic E-state index is 11.1. The van der Waals surface area contributed by atoms with E-state index in [-0.39, 0.29) is 5.56 Å². The van der Waals surface area contributed by atoms with Crippen molar-refractivity contribution in [1.82, 2.24) is 9.97 Å². The lowest BCUT2D eigenvalue weighted by atomic mass is 10.2. The third kappa shape index (κ3) is 4.27. The normalized spacial score (nSPS) is 10.2. The minimum absolute atomic E-state index is 0.206. The van der Waals surface area contributed by atoms with Crippen LogP contribution in [0.4, 0.5) is 23.0 Å². The molecule has 26 heavy (non-hydrogen) atoms. The van der Waals surface area contributed by atoms with Gasteiger partial charge in [0.15, 0.2) is 0 Å². The fraction of sp³-hybridized carbons (Fsp3) is 0.105. The van der Waals surface area contributed by atoms with Gasteiger partial charge in [0.1, 0.15) is 23.2 Å². The number of aromatic nitrogens is 2. The molecule has 0 saturated heterocycles. The van der Waals surface area contributed by atoms with Crippen LogP contribution in [0.2, 0.25) is 0 Å². The molecule has 0 fully saturated rings. The second-order valence-corrected chi connectivity index (χ2v) is 5.55. The number of nitrogens with one attached hydrogen (secondary N) is 2. The van der Waals surface area contributed by atoms with E-state index in [0.717, 1.165) is 11.4 Å². The molecule has 1 aromatic heterocycles. The van der Waals surface area contributed by atoms with Crippen LogP contribution in [0.5, 0.6) is 5.75 Å². The number of benzene rings is 2. The van der Waals surface area contributed by atoms with E-state index in [0.29, 0.717) is 23.1 Å². The van der Waals surface area contributed by atoms with Crippen molar-refractivity contribution in [2.75, 3.05) is 17.7 Å². The van der Waals surface area contributed by atoms with Crippen LogP contribution in [0.25, 0.3) is 0 Å². The number of ether oxygens (including phenoxy) is 1. The van der Waals surface area contributed by atoms with E-state index in [1.807, 2.05) is 24.3 Å². The van der Waals surface area contributed by atoms with Crippen molar-refractivity contribution in [3.8, 4) is 5.75 Å². The van der Waals surface area contributed by atoms with Gasteiger partial charge in [0.25, 0.3) is 0 Å². The molecule has 3 aromatic rings. The van der Waals surface area contributed by atoms with E-state index < -0.39 is 5.97 Å². The Hall–Kier alpha value is -3.61. The summed E-state index contributed by atoms with van der Waals surface area (Å²) >= 11 is 0. The number of anilines is 4. The van der Waals surface area contributed by atoms with Gasteiger partial charge in [-0.25, -0.2) is 14.8 Å². The zero-order valence-corrected chi connectivity index (χ0v) is 14.4. The Balaban J connectivity index is 1.80. The molecular formula is C19H18N4O3. The Kier molecular flexibility index (Phi) is 4.98. The molecule has 7 nitrogen and oxygen atoms in total. The topological polar surface area (TPSA) is 96.4 Å². The van der Waals surface area contributed by atoms with Crippen LogP contribution in [0.15, 0.2) is 54.6 Å². The van der Waals surface area contributed by atoms with Crippen LogP contribution in [-0.4, -0.2) is 28.2 Å². The van der Waals surface area contributed by atoms with Gasteiger partial charge in [0, 0.05) is 17.4 Å². The van der Waals surface area contributed by atoms with E-state index >= 15 is 0 Å². The van der Waals surface area contributed by atoms with Crippen molar-refractivity contribution in [1.29, 1.82) is 0 Å². The number of hydrogen-bond acceptors (Lipinski definition) is 6.